The van der Waals surface area contributed by atoms with Gasteiger partial charge in [0.2, 0.25) is 0 Å². The highest BCUT2D eigenvalue weighted by Gasteiger charge is 2.27. The second kappa shape index (κ2) is 1.83. The summed E-state index contributed by atoms with van der Waals surface area (Å²) in [4.78, 5) is 0.236. The Bertz CT molecular complexity index is 429. The number of rotatable bonds is 0. The van der Waals surface area contributed by atoms with Crippen molar-refractivity contribution in [2.24, 2.45) is 10.1 Å². The van der Waals surface area contributed by atoms with E-state index in [0.717, 1.165) is 0 Å². The number of hydrogen-bond donors (Lipinski definition) is 1. The molecule has 0 bridgehead atoms. The van der Waals surface area contributed by atoms with E-state index in [4.69, 9.17) is 5.73 Å². The number of thiophene rings is 1. The van der Waals surface area contributed by atoms with E-state index < -0.39 is 10.0 Å². The van der Waals surface area contributed by atoms with Crippen molar-refractivity contribution in [1.29, 1.82) is 0 Å². The van der Waals surface area contributed by atoms with Gasteiger partial charge in [-0.05, 0) is 0 Å². The molecule has 11 heavy (non-hydrogen) atoms. The van der Waals surface area contributed by atoms with E-state index in [1.807, 2.05) is 0 Å². The molecule has 0 amide bonds. The zero-order valence-corrected chi connectivity index (χ0v) is 6.95. The molecule has 0 radical (unpaired) electrons. The van der Waals surface area contributed by atoms with E-state index in [2.05, 4.69) is 4.40 Å². The van der Waals surface area contributed by atoms with Gasteiger partial charge in [-0.15, -0.1) is 4.40 Å². The van der Waals surface area contributed by atoms with Gasteiger partial charge in [0.15, 0.2) is 0 Å². The molecular formula is C5H4N2O2S2. The van der Waals surface area contributed by atoms with Crippen molar-refractivity contribution < 1.29 is 8.42 Å². The van der Waals surface area contributed by atoms with Crippen LogP contribution in [0.3, 0.4) is 0 Å². The van der Waals surface area contributed by atoms with E-state index in [9.17, 15) is 8.42 Å². The van der Waals surface area contributed by atoms with Crippen LogP contribution in [0.4, 0.5) is 0 Å². The maximum Gasteiger partial charge on any atom is 0.285 e. The van der Waals surface area contributed by atoms with Crippen LogP contribution in [0.5, 0.6) is 0 Å². The average Bonchev–Trinajstić information content (AvgIpc) is 2.37. The number of amidine groups is 1. The summed E-state index contributed by atoms with van der Waals surface area (Å²) in [5.41, 5.74) is 5.88. The van der Waals surface area contributed by atoms with Crippen LogP contribution in [0.2, 0.25) is 0 Å². The highest BCUT2D eigenvalue weighted by molar-refractivity contribution is 7.91. The van der Waals surface area contributed by atoms with Crippen molar-refractivity contribution in [3.63, 3.8) is 0 Å². The van der Waals surface area contributed by atoms with Crippen LogP contribution in [0.25, 0.3) is 0 Å². The number of hydrogen-bond acceptors (Lipinski definition) is 4. The quantitative estimate of drug-likeness (QED) is 0.630. The number of sulfonamides is 1. The molecular weight excluding hydrogens is 184 g/mol. The zero-order chi connectivity index (χ0) is 8.06. The van der Waals surface area contributed by atoms with Gasteiger partial charge in [-0.2, -0.15) is 19.8 Å². The first-order valence-corrected chi connectivity index (χ1v) is 5.16. The van der Waals surface area contributed by atoms with Crippen LogP contribution in [-0.2, 0) is 10.0 Å². The topological polar surface area (TPSA) is 72.5 Å². The Hall–Kier alpha value is -0.880. The zero-order valence-electron chi connectivity index (χ0n) is 5.31. The van der Waals surface area contributed by atoms with Crippen LogP contribution in [0.1, 0.15) is 5.56 Å². The Balaban J connectivity index is 2.87. The fraction of sp³-hybridized carbons (Fsp3) is 0. The molecule has 0 aliphatic carbocycles. The first-order chi connectivity index (χ1) is 5.11. The Kier molecular flexibility index (Phi) is 1.13. The largest absolute Gasteiger partial charge is 0.382 e. The van der Waals surface area contributed by atoms with Crippen LogP contribution < -0.4 is 5.73 Å². The molecule has 6 heteroatoms. The van der Waals surface area contributed by atoms with E-state index in [0.29, 0.717) is 5.56 Å². The van der Waals surface area contributed by atoms with E-state index >= 15 is 0 Å². The summed E-state index contributed by atoms with van der Waals surface area (Å²) in [6.07, 6.45) is 0. The molecule has 0 aromatic carbocycles. The molecule has 1 aromatic heterocycles. The first-order valence-electron chi connectivity index (χ1n) is 2.78. The predicted octanol–water partition coefficient (Wildman–Crippen LogP) is 0.156. The maximum atomic E-state index is 11.1. The standard InChI is InChI=1S/C5H4N2O2S2/c6-5-3-1-10-2-4(3)11(8,9)7-5/h1-2H,(H2,6,7). The molecule has 58 valence electrons. The number of fused-ring (bicyclic) bond motifs is 1. The van der Waals surface area contributed by atoms with Crippen molar-refractivity contribution in [2.75, 3.05) is 0 Å². The van der Waals surface area contributed by atoms with Gasteiger partial charge in [0, 0.05) is 16.3 Å². The molecule has 0 unspecified atom stereocenters. The second-order valence-corrected chi connectivity index (χ2v) is 4.42. The summed E-state index contributed by atoms with van der Waals surface area (Å²) in [7, 11) is -3.44. The molecule has 0 saturated carbocycles. The minimum atomic E-state index is -3.44. The highest BCUT2D eigenvalue weighted by atomic mass is 32.2. The molecule has 2 N–H and O–H groups in total. The van der Waals surface area contributed by atoms with E-state index in [1.165, 1.54) is 16.7 Å². The number of nitrogens with two attached hydrogens (primary N) is 1. The predicted molar refractivity (Wildman–Crippen MR) is 42.2 cm³/mol. The Morgan fingerprint density at radius 1 is 1.45 bits per heavy atom. The van der Waals surface area contributed by atoms with Gasteiger partial charge in [-0.1, -0.05) is 0 Å². The van der Waals surface area contributed by atoms with E-state index in [-0.39, 0.29) is 10.7 Å². The fourth-order valence-electron chi connectivity index (χ4n) is 0.900. The maximum absolute atomic E-state index is 11.1. The fourth-order valence-corrected chi connectivity index (χ4v) is 3.23. The van der Waals surface area contributed by atoms with Gasteiger partial charge < -0.3 is 5.73 Å². The van der Waals surface area contributed by atoms with Crippen molar-refractivity contribution >= 4 is 27.2 Å². The third-order valence-electron chi connectivity index (χ3n) is 1.40. The summed E-state index contributed by atoms with van der Waals surface area (Å²) in [6, 6.07) is 0. The smallest absolute Gasteiger partial charge is 0.285 e. The molecule has 0 saturated heterocycles. The van der Waals surface area contributed by atoms with Crippen LogP contribution in [0.15, 0.2) is 20.1 Å². The van der Waals surface area contributed by atoms with Crippen LogP contribution in [0, 0.1) is 0 Å². The minimum Gasteiger partial charge on any atom is -0.382 e. The lowest BCUT2D eigenvalue weighted by Crippen LogP contribution is -2.08. The molecule has 1 aliphatic rings. The molecule has 0 fully saturated rings. The van der Waals surface area contributed by atoms with Crippen molar-refractivity contribution in [1.82, 2.24) is 0 Å². The lowest BCUT2D eigenvalue weighted by molar-refractivity contribution is 0.599. The van der Waals surface area contributed by atoms with E-state index in [1.54, 1.807) is 5.38 Å². The molecule has 2 rings (SSSR count). The summed E-state index contributed by atoms with van der Waals surface area (Å²) >= 11 is 1.31. The Labute approximate surface area is 67.4 Å². The molecule has 4 nitrogen and oxygen atoms in total. The SMILES string of the molecule is NC1=NS(=O)(=O)c2cscc21. The third-order valence-corrected chi connectivity index (χ3v) is 3.62. The van der Waals surface area contributed by atoms with Gasteiger partial charge in [0.25, 0.3) is 10.0 Å². The summed E-state index contributed by atoms with van der Waals surface area (Å²) in [6.45, 7) is 0. The van der Waals surface area contributed by atoms with Gasteiger partial charge in [-0.3, -0.25) is 0 Å². The molecule has 0 spiro atoms. The number of nitrogens with zero attached hydrogens (tertiary/aromatic N) is 1. The second-order valence-electron chi connectivity index (χ2n) is 2.10. The summed E-state index contributed by atoms with van der Waals surface area (Å²) in [5.74, 6) is 0.0984. The van der Waals surface area contributed by atoms with Gasteiger partial charge in [0.1, 0.15) is 10.7 Å². The Morgan fingerprint density at radius 2 is 2.18 bits per heavy atom. The third kappa shape index (κ3) is 0.795. The normalized spacial score (nSPS) is 19.5. The highest BCUT2D eigenvalue weighted by Crippen LogP contribution is 2.27. The van der Waals surface area contributed by atoms with Crippen molar-refractivity contribution in [3.05, 3.63) is 16.3 Å². The molecule has 2 heterocycles. The lowest BCUT2D eigenvalue weighted by atomic mass is 10.3. The monoisotopic (exact) mass is 188 g/mol. The summed E-state index contributed by atoms with van der Waals surface area (Å²) in [5, 5.41) is 3.22. The summed E-state index contributed by atoms with van der Waals surface area (Å²) < 4.78 is 25.4. The first kappa shape index (κ1) is 6.81. The Morgan fingerprint density at radius 3 is 2.82 bits per heavy atom. The molecule has 1 aliphatic heterocycles. The average molecular weight is 188 g/mol. The minimum absolute atomic E-state index is 0.0984. The lowest BCUT2D eigenvalue weighted by Gasteiger charge is -1.83. The van der Waals surface area contributed by atoms with Crippen molar-refractivity contribution in [2.45, 2.75) is 4.90 Å². The van der Waals surface area contributed by atoms with Gasteiger partial charge in [0.05, 0.1) is 0 Å². The van der Waals surface area contributed by atoms with Gasteiger partial charge in [-0.25, -0.2) is 0 Å². The molecule has 0 atom stereocenters. The molecule has 1 aromatic rings. The van der Waals surface area contributed by atoms with Crippen molar-refractivity contribution in [3.8, 4) is 0 Å². The van der Waals surface area contributed by atoms with Crippen LogP contribution in [-0.4, -0.2) is 14.3 Å². The van der Waals surface area contributed by atoms with Gasteiger partial charge >= 0.3 is 0 Å². The van der Waals surface area contributed by atoms with Crippen LogP contribution >= 0.6 is 11.3 Å².